The van der Waals surface area contributed by atoms with Gasteiger partial charge in [0, 0.05) is 42.9 Å². The first-order chi connectivity index (χ1) is 9.65. The SMILES string of the molecule is Cc1cc(C(=O)N2CCSC[C@H]2c2cnn(C)c2)no1. The Balaban J connectivity index is 1.87. The molecule has 0 aliphatic carbocycles. The van der Waals surface area contributed by atoms with Crippen molar-refractivity contribution in [2.75, 3.05) is 18.1 Å². The lowest BCUT2D eigenvalue weighted by Gasteiger charge is -2.34. The van der Waals surface area contributed by atoms with Crippen LogP contribution < -0.4 is 0 Å². The van der Waals surface area contributed by atoms with Gasteiger partial charge >= 0.3 is 0 Å². The van der Waals surface area contributed by atoms with Crippen molar-refractivity contribution in [3.05, 3.63) is 35.5 Å². The lowest BCUT2D eigenvalue weighted by Crippen LogP contribution is -2.40. The standard InChI is InChI=1S/C13H16N4O2S/c1-9-5-11(15-19-9)13(18)17-3-4-20-8-12(17)10-6-14-16(2)7-10/h5-7,12H,3-4,8H2,1-2H3/t12-/m0/s1. The number of aryl methyl sites for hydroxylation is 2. The molecule has 3 rings (SSSR count). The average Bonchev–Trinajstić information content (AvgIpc) is 3.07. The predicted molar refractivity (Wildman–Crippen MR) is 75.6 cm³/mol. The van der Waals surface area contributed by atoms with Crippen LogP contribution in [0, 0.1) is 6.92 Å². The number of carbonyl (C=O) groups is 1. The molecule has 1 atom stereocenters. The molecule has 20 heavy (non-hydrogen) atoms. The first-order valence-corrected chi connectivity index (χ1v) is 7.61. The Morgan fingerprint density at radius 2 is 2.40 bits per heavy atom. The van der Waals surface area contributed by atoms with Gasteiger partial charge in [-0.25, -0.2) is 0 Å². The fourth-order valence-electron chi connectivity index (χ4n) is 2.35. The Morgan fingerprint density at radius 1 is 1.55 bits per heavy atom. The van der Waals surface area contributed by atoms with Crippen LogP contribution in [0.4, 0.5) is 0 Å². The summed E-state index contributed by atoms with van der Waals surface area (Å²) in [4.78, 5) is 14.4. The molecule has 6 nitrogen and oxygen atoms in total. The Kier molecular flexibility index (Phi) is 3.52. The van der Waals surface area contributed by atoms with Crippen molar-refractivity contribution in [3.8, 4) is 0 Å². The van der Waals surface area contributed by atoms with Gasteiger partial charge in [-0.3, -0.25) is 9.48 Å². The van der Waals surface area contributed by atoms with Gasteiger partial charge in [0.05, 0.1) is 12.2 Å². The number of hydrogen-bond acceptors (Lipinski definition) is 5. The van der Waals surface area contributed by atoms with E-state index in [2.05, 4.69) is 10.3 Å². The maximum Gasteiger partial charge on any atom is 0.276 e. The van der Waals surface area contributed by atoms with Gasteiger partial charge in [0.25, 0.3) is 5.91 Å². The smallest absolute Gasteiger partial charge is 0.276 e. The molecule has 3 heterocycles. The molecule has 0 N–H and O–H groups in total. The van der Waals surface area contributed by atoms with Crippen molar-refractivity contribution < 1.29 is 9.32 Å². The monoisotopic (exact) mass is 292 g/mol. The largest absolute Gasteiger partial charge is 0.361 e. The van der Waals surface area contributed by atoms with Crippen LogP contribution >= 0.6 is 11.8 Å². The zero-order valence-electron chi connectivity index (χ0n) is 11.4. The summed E-state index contributed by atoms with van der Waals surface area (Å²) >= 11 is 1.85. The molecule has 2 aromatic heterocycles. The number of nitrogens with zero attached hydrogens (tertiary/aromatic N) is 4. The van der Waals surface area contributed by atoms with E-state index in [0.717, 1.165) is 23.6 Å². The maximum atomic E-state index is 12.6. The minimum atomic E-state index is -0.0731. The summed E-state index contributed by atoms with van der Waals surface area (Å²) < 4.78 is 6.76. The summed E-state index contributed by atoms with van der Waals surface area (Å²) in [7, 11) is 1.88. The van der Waals surface area contributed by atoms with Gasteiger partial charge in [-0.05, 0) is 6.92 Å². The van der Waals surface area contributed by atoms with Crippen LogP contribution in [0.25, 0.3) is 0 Å². The lowest BCUT2D eigenvalue weighted by molar-refractivity contribution is 0.0690. The van der Waals surface area contributed by atoms with Crippen LogP contribution in [-0.4, -0.2) is 43.8 Å². The Morgan fingerprint density at radius 3 is 3.05 bits per heavy atom. The van der Waals surface area contributed by atoms with Crippen molar-refractivity contribution >= 4 is 17.7 Å². The van der Waals surface area contributed by atoms with Gasteiger partial charge in [-0.1, -0.05) is 5.16 Å². The minimum absolute atomic E-state index is 0.0481. The Hall–Kier alpha value is -1.76. The van der Waals surface area contributed by atoms with Crippen LogP contribution in [0.5, 0.6) is 0 Å². The van der Waals surface area contributed by atoms with Crippen molar-refractivity contribution in [2.24, 2.45) is 7.05 Å². The van der Waals surface area contributed by atoms with Crippen LogP contribution in [0.1, 0.15) is 27.9 Å². The third kappa shape index (κ3) is 2.45. The normalized spacial score (nSPS) is 19.3. The quantitative estimate of drug-likeness (QED) is 0.842. The Labute approximate surface area is 121 Å². The minimum Gasteiger partial charge on any atom is -0.361 e. The molecule has 0 unspecified atom stereocenters. The Bertz CT molecular complexity index is 621. The van der Waals surface area contributed by atoms with Gasteiger partial charge in [0.2, 0.25) is 0 Å². The third-order valence-electron chi connectivity index (χ3n) is 3.35. The molecule has 106 valence electrons. The van der Waals surface area contributed by atoms with Crippen molar-refractivity contribution in [1.82, 2.24) is 19.8 Å². The van der Waals surface area contributed by atoms with E-state index in [9.17, 15) is 4.79 Å². The highest BCUT2D eigenvalue weighted by molar-refractivity contribution is 7.99. The third-order valence-corrected chi connectivity index (χ3v) is 4.37. The van der Waals surface area contributed by atoms with Crippen LogP contribution in [0.15, 0.2) is 23.0 Å². The van der Waals surface area contributed by atoms with Gasteiger partial charge < -0.3 is 9.42 Å². The highest BCUT2D eigenvalue weighted by atomic mass is 32.2. The molecule has 1 fully saturated rings. The topological polar surface area (TPSA) is 64.2 Å². The second-order valence-electron chi connectivity index (χ2n) is 4.86. The molecule has 1 amide bonds. The van der Waals surface area contributed by atoms with Gasteiger partial charge in [-0.2, -0.15) is 16.9 Å². The van der Waals surface area contributed by atoms with E-state index >= 15 is 0 Å². The maximum absolute atomic E-state index is 12.6. The van der Waals surface area contributed by atoms with Crippen LogP contribution in [-0.2, 0) is 7.05 Å². The summed E-state index contributed by atoms with van der Waals surface area (Å²) in [5.74, 6) is 2.40. The number of aromatic nitrogens is 3. The van der Waals surface area contributed by atoms with Gasteiger partial charge in [-0.15, -0.1) is 0 Å². The summed E-state index contributed by atoms with van der Waals surface area (Å²) in [6, 6.07) is 1.73. The number of amides is 1. The van der Waals surface area contributed by atoms with E-state index in [-0.39, 0.29) is 11.9 Å². The summed E-state index contributed by atoms with van der Waals surface area (Å²) in [5.41, 5.74) is 1.44. The molecule has 0 bridgehead atoms. The molecular weight excluding hydrogens is 276 g/mol. The second kappa shape index (κ2) is 5.32. The van der Waals surface area contributed by atoms with E-state index in [1.54, 1.807) is 17.7 Å². The summed E-state index contributed by atoms with van der Waals surface area (Å²) in [5, 5.41) is 8.03. The summed E-state index contributed by atoms with van der Waals surface area (Å²) in [6.07, 6.45) is 3.79. The number of carbonyl (C=O) groups excluding carboxylic acids is 1. The molecule has 7 heteroatoms. The highest BCUT2D eigenvalue weighted by Crippen LogP contribution is 2.30. The highest BCUT2D eigenvalue weighted by Gasteiger charge is 2.31. The van der Waals surface area contributed by atoms with E-state index < -0.39 is 0 Å². The second-order valence-corrected chi connectivity index (χ2v) is 6.01. The first-order valence-electron chi connectivity index (χ1n) is 6.46. The van der Waals surface area contributed by atoms with E-state index in [4.69, 9.17) is 4.52 Å². The molecule has 1 aliphatic heterocycles. The van der Waals surface area contributed by atoms with Crippen LogP contribution in [0.3, 0.4) is 0 Å². The van der Waals surface area contributed by atoms with Gasteiger partial charge in [0.15, 0.2) is 5.69 Å². The molecule has 0 radical (unpaired) electrons. The first kappa shape index (κ1) is 13.2. The van der Waals surface area contributed by atoms with Gasteiger partial charge in [0.1, 0.15) is 5.76 Å². The van der Waals surface area contributed by atoms with Crippen molar-refractivity contribution in [1.29, 1.82) is 0 Å². The molecule has 2 aromatic rings. The van der Waals surface area contributed by atoms with Crippen molar-refractivity contribution in [3.63, 3.8) is 0 Å². The average molecular weight is 292 g/mol. The van der Waals surface area contributed by atoms with Crippen molar-refractivity contribution in [2.45, 2.75) is 13.0 Å². The number of hydrogen-bond donors (Lipinski definition) is 0. The number of rotatable bonds is 2. The van der Waals surface area contributed by atoms with Crippen LogP contribution in [0.2, 0.25) is 0 Å². The molecule has 0 aromatic carbocycles. The van der Waals surface area contributed by atoms with E-state index in [0.29, 0.717) is 11.5 Å². The lowest BCUT2D eigenvalue weighted by atomic mass is 10.1. The fraction of sp³-hybridized carbons (Fsp3) is 0.462. The molecule has 1 aliphatic rings. The zero-order chi connectivity index (χ0) is 14.1. The fourth-order valence-corrected chi connectivity index (χ4v) is 3.44. The zero-order valence-corrected chi connectivity index (χ0v) is 12.3. The number of thioether (sulfide) groups is 1. The predicted octanol–water partition coefficient (Wildman–Crippen LogP) is 1.65. The van der Waals surface area contributed by atoms with E-state index in [1.165, 1.54) is 0 Å². The molecule has 0 spiro atoms. The summed E-state index contributed by atoms with van der Waals surface area (Å²) in [6.45, 7) is 2.50. The molecule has 0 saturated carbocycles. The molecular formula is C13H16N4O2S. The van der Waals surface area contributed by atoms with E-state index in [1.807, 2.05) is 36.1 Å². The molecule has 1 saturated heterocycles.